The van der Waals surface area contributed by atoms with Gasteiger partial charge in [-0.25, -0.2) is 4.98 Å². The summed E-state index contributed by atoms with van der Waals surface area (Å²) in [7, 11) is 0. The van der Waals surface area contributed by atoms with Crippen molar-refractivity contribution >= 4 is 57.3 Å². The minimum Gasteiger partial charge on any atom is -0.306 e. The van der Waals surface area contributed by atoms with Crippen LogP contribution in [-0.2, 0) is 17.8 Å². The molecule has 0 atom stereocenters. The van der Waals surface area contributed by atoms with Crippen molar-refractivity contribution < 1.29 is 4.79 Å². The van der Waals surface area contributed by atoms with Gasteiger partial charge < -0.3 is 9.88 Å². The highest BCUT2D eigenvalue weighted by Gasteiger charge is 2.15. The molecule has 0 saturated heterocycles. The van der Waals surface area contributed by atoms with E-state index in [9.17, 15) is 4.79 Å². The molecule has 0 unspecified atom stereocenters. The number of benzene rings is 2. The average Bonchev–Trinajstić information content (AvgIpc) is 3.39. The van der Waals surface area contributed by atoms with Crippen molar-refractivity contribution in [1.82, 2.24) is 19.7 Å². The van der Waals surface area contributed by atoms with Gasteiger partial charge in [0.25, 0.3) is 0 Å². The molecule has 0 aliphatic rings. The molecule has 4 aromatic rings. The second kappa shape index (κ2) is 10.5. The molecule has 0 saturated carbocycles. The second-order valence-electron chi connectivity index (χ2n) is 6.80. The molecule has 2 aromatic heterocycles. The van der Waals surface area contributed by atoms with E-state index in [0.717, 1.165) is 23.1 Å². The van der Waals surface area contributed by atoms with Gasteiger partial charge in [0.1, 0.15) is 5.82 Å². The molecule has 1 N–H and O–H groups in total. The summed E-state index contributed by atoms with van der Waals surface area (Å²) in [6.07, 6.45) is 0.698. The Kier molecular flexibility index (Phi) is 7.47. The molecule has 2 aromatic carbocycles. The topological polar surface area (TPSA) is 72.7 Å². The molecule has 0 spiro atoms. The van der Waals surface area contributed by atoms with Crippen LogP contribution in [0.1, 0.15) is 18.3 Å². The number of thioether (sulfide) groups is 1. The first-order valence-corrected chi connectivity index (χ1v) is 12.4. The lowest BCUT2D eigenvalue weighted by atomic mass is 10.1. The number of hydrogen-bond donors (Lipinski definition) is 1. The molecule has 0 aliphatic heterocycles. The van der Waals surface area contributed by atoms with E-state index >= 15 is 0 Å². The summed E-state index contributed by atoms with van der Waals surface area (Å²) in [5.41, 5.74) is 2.63. The van der Waals surface area contributed by atoms with Crippen LogP contribution in [0.3, 0.4) is 0 Å². The minimum absolute atomic E-state index is 0.159. The Hall–Kier alpha value is -2.39. The van der Waals surface area contributed by atoms with Crippen molar-refractivity contribution in [1.29, 1.82) is 0 Å². The quantitative estimate of drug-likeness (QED) is 0.296. The SMILES string of the molecule is CCn1c(Cc2ccccc2)nnc1SCC(=O)Nc1nc(-c2ccc(Cl)cc2Cl)cs1. The number of halogens is 2. The Morgan fingerprint density at radius 2 is 1.97 bits per heavy atom. The van der Waals surface area contributed by atoms with Gasteiger partial charge in [0.2, 0.25) is 5.91 Å². The summed E-state index contributed by atoms with van der Waals surface area (Å²) in [5.74, 6) is 0.930. The van der Waals surface area contributed by atoms with Crippen molar-refractivity contribution in [3.05, 3.63) is 75.3 Å². The van der Waals surface area contributed by atoms with E-state index in [-0.39, 0.29) is 11.7 Å². The molecule has 2 heterocycles. The maximum atomic E-state index is 12.5. The average molecular weight is 504 g/mol. The predicted molar refractivity (Wildman–Crippen MR) is 132 cm³/mol. The van der Waals surface area contributed by atoms with Crippen LogP contribution in [0.5, 0.6) is 0 Å². The van der Waals surface area contributed by atoms with Gasteiger partial charge >= 0.3 is 0 Å². The molecule has 164 valence electrons. The highest BCUT2D eigenvalue weighted by Crippen LogP contribution is 2.32. The highest BCUT2D eigenvalue weighted by atomic mass is 35.5. The van der Waals surface area contributed by atoms with Crippen molar-refractivity contribution in [2.75, 3.05) is 11.1 Å². The third kappa shape index (κ3) is 5.50. The van der Waals surface area contributed by atoms with Crippen LogP contribution in [0.15, 0.2) is 59.1 Å². The number of nitrogens with zero attached hydrogens (tertiary/aromatic N) is 4. The number of thiazole rings is 1. The van der Waals surface area contributed by atoms with Gasteiger partial charge in [-0.1, -0.05) is 65.3 Å². The Labute approximate surface area is 204 Å². The van der Waals surface area contributed by atoms with Gasteiger partial charge in [0.15, 0.2) is 10.3 Å². The smallest absolute Gasteiger partial charge is 0.236 e. The fourth-order valence-corrected chi connectivity index (χ4v) is 5.14. The standard InChI is InChI=1S/C22H19Cl2N5OS2/c1-2-29-19(10-14-6-4-3-5-7-14)27-28-22(29)32-13-20(30)26-21-25-18(12-31-21)16-9-8-15(23)11-17(16)24/h3-9,11-12H,2,10,13H2,1H3,(H,25,26,30). The van der Waals surface area contributed by atoms with Crippen molar-refractivity contribution in [3.63, 3.8) is 0 Å². The van der Waals surface area contributed by atoms with Gasteiger partial charge in [-0.15, -0.1) is 21.5 Å². The zero-order chi connectivity index (χ0) is 22.5. The predicted octanol–water partition coefficient (Wildman–Crippen LogP) is 6.05. The molecule has 10 heteroatoms. The molecular formula is C22H19Cl2N5OS2. The number of carbonyl (C=O) groups excluding carboxylic acids is 1. The third-order valence-electron chi connectivity index (χ3n) is 4.60. The summed E-state index contributed by atoms with van der Waals surface area (Å²) in [5, 5.41) is 15.6. The van der Waals surface area contributed by atoms with Crippen LogP contribution in [0.25, 0.3) is 11.3 Å². The summed E-state index contributed by atoms with van der Waals surface area (Å²) in [4.78, 5) is 16.9. The lowest BCUT2D eigenvalue weighted by Crippen LogP contribution is -2.14. The van der Waals surface area contributed by atoms with E-state index < -0.39 is 0 Å². The van der Waals surface area contributed by atoms with Crippen molar-refractivity contribution in [2.45, 2.75) is 25.0 Å². The Balaban J connectivity index is 1.37. The van der Waals surface area contributed by atoms with E-state index in [2.05, 4.69) is 32.6 Å². The van der Waals surface area contributed by atoms with Crippen molar-refractivity contribution in [2.24, 2.45) is 0 Å². The lowest BCUT2D eigenvalue weighted by molar-refractivity contribution is -0.113. The van der Waals surface area contributed by atoms with Gasteiger partial charge in [-0.05, 0) is 30.7 Å². The second-order valence-corrected chi connectivity index (χ2v) is 9.45. The summed E-state index contributed by atoms with van der Waals surface area (Å²) in [6.45, 7) is 2.78. The highest BCUT2D eigenvalue weighted by molar-refractivity contribution is 7.99. The van der Waals surface area contributed by atoms with E-state index in [1.54, 1.807) is 12.1 Å². The van der Waals surface area contributed by atoms with E-state index in [0.29, 0.717) is 27.3 Å². The largest absolute Gasteiger partial charge is 0.306 e. The number of anilines is 1. The minimum atomic E-state index is -0.159. The Morgan fingerprint density at radius 1 is 1.16 bits per heavy atom. The number of rotatable bonds is 8. The molecule has 4 rings (SSSR count). The fraction of sp³-hybridized carbons (Fsp3) is 0.182. The van der Waals surface area contributed by atoms with Gasteiger partial charge in [-0.2, -0.15) is 0 Å². The zero-order valence-electron chi connectivity index (χ0n) is 17.1. The van der Waals surface area contributed by atoms with Crippen LogP contribution < -0.4 is 5.32 Å². The van der Waals surface area contributed by atoms with Gasteiger partial charge in [-0.3, -0.25) is 4.79 Å². The number of carbonyl (C=O) groups is 1. The Bertz CT molecular complexity index is 1230. The number of aromatic nitrogens is 4. The Morgan fingerprint density at radius 3 is 2.72 bits per heavy atom. The first-order valence-electron chi connectivity index (χ1n) is 9.83. The molecule has 0 radical (unpaired) electrons. The zero-order valence-corrected chi connectivity index (χ0v) is 20.2. The summed E-state index contributed by atoms with van der Waals surface area (Å²) < 4.78 is 2.04. The monoisotopic (exact) mass is 503 g/mol. The van der Waals surface area contributed by atoms with Crippen LogP contribution in [0.2, 0.25) is 10.0 Å². The van der Waals surface area contributed by atoms with Crippen LogP contribution in [-0.4, -0.2) is 31.4 Å². The number of nitrogens with one attached hydrogen (secondary N) is 1. The number of hydrogen-bond acceptors (Lipinski definition) is 6. The van der Waals surface area contributed by atoms with E-state index in [1.807, 2.05) is 41.1 Å². The molecular weight excluding hydrogens is 485 g/mol. The normalized spacial score (nSPS) is 11.0. The summed E-state index contributed by atoms with van der Waals surface area (Å²) >= 11 is 14.9. The van der Waals surface area contributed by atoms with E-state index in [4.69, 9.17) is 23.2 Å². The maximum Gasteiger partial charge on any atom is 0.236 e. The lowest BCUT2D eigenvalue weighted by Gasteiger charge is -2.07. The number of amides is 1. The molecule has 1 amide bonds. The van der Waals surface area contributed by atoms with Crippen LogP contribution >= 0.6 is 46.3 Å². The van der Waals surface area contributed by atoms with E-state index in [1.165, 1.54) is 28.7 Å². The van der Waals surface area contributed by atoms with Crippen LogP contribution in [0, 0.1) is 0 Å². The molecule has 6 nitrogen and oxygen atoms in total. The first-order chi connectivity index (χ1) is 15.5. The van der Waals surface area contributed by atoms with Gasteiger partial charge in [0, 0.05) is 28.9 Å². The molecule has 0 fully saturated rings. The molecule has 32 heavy (non-hydrogen) atoms. The maximum absolute atomic E-state index is 12.5. The third-order valence-corrected chi connectivity index (χ3v) is 6.88. The molecule has 0 aliphatic carbocycles. The van der Waals surface area contributed by atoms with Crippen LogP contribution in [0.4, 0.5) is 5.13 Å². The first kappa shape index (κ1) is 22.8. The molecule has 0 bridgehead atoms. The summed E-state index contributed by atoms with van der Waals surface area (Å²) in [6, 6.07) is 15.4. The van der Waals surface area contributed by atoms with Crippen molar-refractivity contribution in [3.8, 4) is 11.3 Å². The fourth-order valence-electron chi connectivity index (χ4n) is 3.09. The van der Waals surface area contributed by atoms with Gasteiger partial charge in [0.05, 0.1) is 16.5 Å².